The van der Waals surface area contributed by atoms with Crippen LogP contribution < -0.4 is 16.2 Å². The number of aliphatic carboxylic acids is 1. The van der Waals surface area contributed by atoms with E-state index < -0.39 is 11.5 Å². The predicted molar refractivity (Wildman–Crippen MR) is 137 cm³/mol. The van der Waals surface area contributed by atoms with Crippen LogP contribution in [0.15, 0.2) is 83.7 Å². The van der Waals surface area contributed by atoms with Crippen LogP contribution in [0, 0.1) is 0 Å². The number of anilines is 2. The number of amides is 1. The number of imidazole rings is 1. The largest absolute Gasteiger partial charge is 0.481 e. The molecule has 36 heavy (non-hydrogen) atoms. The minimum absolute atomic E-state index is 0.168. The highest BCUT2D eigenvalue weighted by Gasteiger charge is 2.13. The smallest absolute Gasteiger partial charge is 0.307 e. The molecular weight excluding hydrogens is 458 g/mol. The minimum Gasteiger partial charge on any atom is -0.481 e. The summed E-state index contributed by atoms with van der Waals surface area (Å²) in [5.74, 6) is -0.698. The summed E-state index contributed by atoms with van der Waals surface area (Å²) in [5.41, 5.74) is 4.11. The van der Waals surface area contributed by atoms with Crippen LogP contribution in [0.1, 0.15) is 11.1 Å². The first kappa shape index (κ1) is 22.9. The number of rotatable bonds is 8. The molecule has 0 aliphatic heterocycles. The summed E-state index contributed by atoms with van der Waals surface area (Å²) in [7, 11) is 0. The third-order valence-electron chi connectivity index (χ3n) is 5.84. The van der Waals surface area contributed by atoms with Gasteiger partial charge in [0.25, 0.3) is 5.56 Å². The normalized spacial score (nSPS) is 11.0. The number of carboxylic acids is 1. The van der Waals surface area contributed by atoms with Gasteiger partial charge in [-0.3, -0.25) is 19.0 Å². The highest BCUT2D eigenvalue weighted by Crippen LogP contribution is 2.19. The molecule has 9 nitrogen and oxygen atoms in total. The number of hydrogen-bond acceptors (Lipinski definition) is 5. The molecule has 0 aliphatic carbocycles. The zero-order valence-corrected chi connectivity index (χ0v) is 19.2. The van der Waals surface area contributed by atoms with Crippen molar-refractivity contribution in [2.24, 2.45) is 0 Å². The van der Waals surface area contributed by atoms with E-state index in [1.165, 1.54) is 10.6 Å². The highest BCUT2D eigenvalue weighted by atomic mass is 16.4. The minimum atomic E-state index is -1.02. The van der Waals surface area contributed by atoms with E-state index in [2.05, 4.69) is 20.6 Å². The van der Waals surface area contributed by atoms with Crippen molar-refractivity contribution in [3.8, 4) is 0 Å². The van der Waals surface area contributed by atoms with Gasteiger partial charge in [0.1, 0.15) is 6.54 Å². The lowest BCUT2D eigenvalue weighted by atomic mass is 10.1. The summed E-state index contributed by atoms with van der Waals surface area (Å²) in [6, 6.07) is 23.6. The molecule has 2 aromatic heterocycles. The zero-order valence-electron chi connectivity index (χ0n) is 19.2. The predicted octanol–water partition coefficient (Wildman–Crippen LogP) is 3.56. The maximum Gasteiger partial charge on any atom is 0.307 e. The number of carbonyl (C=O) groups excluding carboxylic acids is 1. The Morgan fingerprint density at radius 1 is 0.972 bits per heavy atom. The van der Waals surface area contributed by atoms with Gasteiger partial charge in [0, 0.05) is 23.7 Å². The van der Waals surface area contributed by atoms with Gasteiger partial charge in [0.05, 0.1) is 23.0 Å². The van der Waals surface area contributed by atoms with Crippen molar-refractivity contribution in [1.82, 2.24) is 19.9 Å². The summed E-state index contributed by atoms with van der Waals surface area (Å²) in [5, 5.41) is 15.9. The van der Waals surface area contributed by atoms with Crippen molar-refractivity contribution in [3.05, 3.63) is 100 Å². The first-order chi connectivity index (χ1) is 17.5. The Morgan fingerprint density at radius 2 is 1.72 bits per heavy atom. The van der Waals surface area contributed by atoms with Gasteiger partial charge in [-0.25, -0.2) is 4.98 Å². The number of hydrogen-bond donors (Lipinski definition) is 4. The van der Waals surface area contributed by atoms with Gasteiger partial charge >= 0.3 is 5.97 Å². The number of aromatic nitrogens is 3. The Bertz CT molecular complexity index is 1600. The molecule has 0 fully saturated rings. The number of pyridine rings is 1. The molecule has 0 bridgehead atoms. The SMILES string of the molecule is O=C(O)Cc1cc(=O)n(CC(=O)NCc2ccc(Nc3nc4ccccc4[nH]3)cc2)c2ccccc12. The Labute approximate surface area is 205 Å². The summed E-state index contributed by atoms with van der Waals surface area (Å²) in [6.07, 6.45) is -0.260. The number of para-hydroxylation sites is 3. The average molecular weight is 482 g/mol. The lowest BCUT2D eigenvalue weighted by Crippen LogP contribution is -2.32. The molecule has 0 saturated carbocycles. The number of H-pyrrole nitrogens is 1. The number of carbonyl (C=O) groups is 2. The Kier molecular flexibility index (Phi) is 6.19. The Balaban J connectivity index is 1.24. The van der Waals surface area contributed by atoms with E-state index in [9.17, 15) is 14.4 Å². The first-order valence-electron chi connectivity index (χ1n) is 11.4. The molecule has 5 rings (SSSR count). The summed E-state index contributed by atoms with van der Waals surface area (Å²) < 4.78 is 1.36. The molecule has 4 N–H and O–H groups in total. The van der Waals surface area contributed by atoms with Crippen molar-refractivity contribution >= 4 is 45.4 Å². The van der Waals surface area contributed by atoms with E-state index in [1.807, 2.05) is 48.5 Å². The van der Waals surface area contributed by atoms with Crippen LogP contribution in [0.3, 0.4) is 0 Å². The van der Waals surface area contributed by atoms with Crippen LogP contribution in [-0.4, -0.2) is 31.5 Å². The number of fused-ring (bicyclic) bond motifs is 2. The summed E-state index contributed by atoms with van der Waals surface area (Å²) in [6.45, 7) is 0.131. The summed E-state index contributed by atoms with van der Waals surface area (Å²) >= 11 is 0. The topological polar surface area (TPSA) is 129 Å². The van der Waals surface area contributed by atoms with E-state index in [4.69, 9.17) is 5.11 Å². The Hall–Kier alpha value is -4.92. The van der Waals surface area contributed by atoms with Crippen molar-refractivity contribution in [3.63, 3.8) is 0 Å². The van der Waals surface area contributed by atoms with Crippen LogP contribution >= 0.6 is 0 Å². The maximum atomic E-state index is 12.7. The zero-order chi connectivity index (χ0) is 25.1. The number of nitrogens with zero attached hydrogens (tertiary/aromatic N) is 2. The summed E-state index contributed by atoms with van der Waals surface area (Å²) in [4.78, 5) is 44.2. The molecule has 5 aromatic rings. The van der Waals surface area contributed by atoms with E-state index >= 15 is 0 Å². The van der Waals surface area contributed by atoms with Gasteiger partial charge in [-0.15, -0.1) is 0 Å². The molecule has 0 aliphatic rings. The molecule has 1 amide bonds. The van der Waals surface area contributed by atoms with Crippen molar-refractivity contribution in [2.45, 2.75) is 19.5 Å². The number of nitrogens with one attached hydrogen (secondary N) is 3. The molecular formula is C27H23N5O4. The fraction of sp³-hybridized carbons (Fsp3) is 0.111. The van der Waals surface area contributed by atoms with Crippen LogP contribution in [0.5, 0.6) is 0 Å². The van der Waals surface area contributed by atoms with Gasteiger partial charge in [-0.05, 0) is 41.5 Å². The monoisotopic (exact) mass is 481 g/mol. The van der Waals surface area contributed by atoms with E-state index in [-0.39, 0.29) is 18.9 Å². The van der Waals surface area contributed by atoms with Gasteiger partial charge in [0.15, 0.2) is 0 Å². The highest BCUT2D eigenvalue weighted by molar-refractivity contribution is 5.87. The maximum absolute atomic E-state index is 12.7. The van der Waals surface area contributed by atoms with E-state index in [0.29, 0.717) is 29.0 Å². The molecule has 0 atom stereocenters. The lowest BCUT2D eigenvalue weighted by Gasteiger charge is -2.13. The molecule has 0 spiro atoms. The van der Waals surface area contributed by atoms with Gasteiger partial charge in [-0.1, -0.05) is 42.5 Å². The number of benzene rings is 3. The first-order valence-corrected chi connectivity index (χ1v) is 11.4. The second-order valence-corrected chi connectivity index (χ2v) is 8.38. The molecule has 9 heteroatoms. The standard InChI is InChI=1S/C27H23N5O4/c33-24(16-32-23-8-4-1-5-20(23)18(13-25(32)34)14-26(35)36)28-15-17-9-11-19(12-10-17)29-27-30-21-6-2-3-7-22(21)31-27/h1-13H,14-16H2,(H,28,33)(H,35,36)(H2,29,30,31). The van der Waals surface area contributed by atoms with Crippen LogP contribution in [0.2, 0.25) is 0 Å². The van der Waals surface area contributed by atoms with Gasteiger partial charge in [-0.2, -0.15) is 0 Å². The van der Waals surface area contributed by atoms with Crippen LogP contribution in [0.25, 0.3) is 21.9 Å². The Morgan fingerprint density at radius 3 is 2.50 bits per heavy atom. The molecule has 0 unspecified atom stereocenters. The molecule has 180 valence electrons. The quantitative estimate of drug-likeness (QED) is 0.268. The van der Waals surface area contributed by atoms with E-state index in [0.717, 1.165) is 22.3 Å². The molecule has 2 heterocycles. The van der Waals surface area contributed by atoms with Gasteiger partial charge in [0.2, 0.25) is 11.9 Å². The fourth-order valence-electron chi connectivity index (χ4n) is 4.13. The molecule has 0 radical (unpaired) electrons. The fourth-order valence-corrected chi connectivity index (χ4v) is 4.13. The van der Waals surface area contributed by atoms with Crippen molar-refractivity contribution in [2.75, 3.05) is 5.32 Å². The third kappa shape index (κ3) is 4.95. The van der Waals surface area contributed by atoms with Crippen LogP contribution in [0.4, 0.5) is 11.6 Å². The van der Waals surface area contributed by atoms with Gasteiger partial charge < -0.3 is 20.7 Å². The van der Waals surface area contributed by atoms with Crippen molar-refractivity contribution < 1.29 is 14.7 Å². The second-order valence-electron chi connectivity index (χ2n) is 8.38. The van der Waals surface area contributed by atoms with Crippen molar-refractivity contribution in [1.29, 1.82) is 0 Å². The lowest BCUT2D eigenvalue weighted by molar-refractivity contribution is -0.136. The molecule has 3 aromatic carbocycles. The van der Waals surface area contributed by atoms with Crippen LogP contribution in [-0.2, 0) is 29.1 Å². The second kappa shape index (κ2) is 9.75. The van der Waals surface area contributed by atoms with E-state index in [1.54, 1.807) is 24.3 Å². The number of aromatic amines is 1. The third-order valence-corrected chi connectivity index (χ3v) is 5.84. The average Bonchev–Trinajstić information content (AvgIpc) is 3.28. The number of carboxylic acid groups (broad SMARTS) is 1. The molecule has 0 saturated heterocycles.